The molecule has 4 rings (SSSR count). The van der Waals surface area contributed by atoms with E-state index in [1.165, 1.54) is 12.8 Å². The number of pyridine rings is 1. The molecule has 2 N–H and O–H groups in total. The van der Waals surface area contributed by atoms with Gasteiger partial charge in [0.1, 0.15) is 0 Å². The van der Waals surface area contributed by atoms with Crippen LogP contribution in [0.1, 0.15) is 23.2 Å². The lowest BCUT2D eigenvalue weighted by Gasteiger charge is -2.23. The molecule has 4 atom stereocenters. The van der Waals surface area contributed by atoms with E-state index in [9.17, 15) is 4.79 Å². The summed E-state index contributed by atoms with van der Waals surface area (Å²) in [5, 5.41) is 6.26. The van der Waals surface area contributed by atoms with E-state index in [0.29, 0.717) is 42.7 Å². The van der Waals surface area contributed by atoms with Crippen molar-refractivity contribution in [2.75, 3.05) is 33.2 Å². The Morgan fingerprint density at radius 1 is 1.28 bits per heavy atom. The van der Waals surface area contributed by atoms with Crippen molar-refractivity contribution < 1.29 is 9.53 Å². The molecule has 3 aliphatic heterocycles. The Morgan fingerprint density at radius 3 is 2.64 bits per heavy atom. The van der Waals surface area contributed by atoms with Gasteiger partial charge in [0.2, 0.25) is 0 Å². The fourth-order valence-corrected chi connectivity index (χ4v) is 4.41. The number of fused-ring (bicyclic) bond motifs is 5. The van der Waals surface area contributed by atoms with Crippen LogP contribution in [0, 0.1) is 11.8 Å². The van der Waals surface area contributed by atoms with E-state index >= 15 is 0 Å². The number of nitrogens with one attached hydrogen (secondary N) is 2. The molecule has 134 valence electrons. The molecule has 0 saturated carbocycles. The van der Waals surface area contributed by atoms with Crippen LogP contribution < -0.4 is 10.6 Å². The van der Waals surface area contributed by atoms with E-state index in [2.05, 4.69) is 25.5 Å². The van der Waals surface area contributed by atoms with Crippen LogP contribution >= 0.6 is 0 Å². The molecule has 1 amide bonds. The maximum atomic E-state index is 12.0. The fraction of sp³-hybridized carbons (Fsp3) is 0.611. The molecule has 7 nitrogen and oxygen atoms in total. The third kappa shape index (κ3) is 3.20. The Balaban J connectivity index is 1.23. The number of carbonyl (C=O) groups excluding carboxylic acids is 1. The van der Waals surface area contributed by atoms with Gasteiger partial charge >= 0.3 is 0 Å². The van der Waals surface area contributed by atoms with Gasteiger partial charge in [0.05, 0.1) is 17.8 Å². The normalized spacial score (nSPS) is 30.4. The van der Waals surface area contributed by atoms with Gasteiger partial charge in [-0.2, -0.15) is 0 Å². The Morgan fingerprint density at radius 2 is 2.00 bits per heavy atom. The number of ether oxygens (including phenoxy) is 1. The Hall–Kier alpha value is -2.15. The minimum Gasteiger partial charge on any atom is -0.374 e. The van der Waals surface area contributed by atoms with Gasteiger partial charge in [0.25, 0.3) is 5.91 Å². The first kappa shape index (κ1) is 16.3. The summed E-state index contributed by atoms with van der Waals surface area (Å²) < 4.78 is 6.03. The second kappa shape index (κ2) is 7.00. The number of aromatic nitrogens is 1. The van der Waals surface area contributed by atoms with Gasteiger partial charge in [-0.25, -0.2) is 0 Å². The zero-order valence-corrected chi connectivity index (χ0v) is 14.5. The molecule has 0 aromatic carbocycles. The molecule has 4 unspecified atom stereocenters. The van der Waals surface area contributed by atoms with Crippen LogP contribution in [0.15, 0.2) is 29.5 Å². The van der Waals surface area contributed by atoms with Crippen LogP contribution in [0.4, 0.5) is 0 Å². The van der Waals surface area contributed by atoms with E-state index in [1.807, 2.05) is 7.05 Å². The number of guanidine groups is 1. The third-order valence-corrected chi connectivity index (χ3v) is 5.58. The summed E-state index contributed by atoms with van der Waals surface area (Å²) in [6, 6.07) is 3.52. The summed E-state index contributed by atoms with van der Waals surface area (Å²) >= 11 is 0. The number of rotatable bonds is 4. The number of carbonyl (C=O) groups is 1. The van der Waals surface area contributed by atoms with Gasteiger partial charge in [-0.15, -0.1) is 0 Å². The lowest BCUT2D eigenvalue weighted by molar-refractivity contribution is 0.0767. The third-order valence-electron chi connectivity index (χ3n) is 5.58. The highest BCUT2D eigenvalue weighted by Gasteiger charge is 2.53. The number of amides is 1. The highest BCUT2D eigenvalue weighted by Crippen LogP contribution is 2.47. The van der Waals surface area contributed by atoms with Gasteiger partial charge < -0.3 is 20.3 Å². The molecule has 7 heteroatoms. The molecule has 3 saturated heterocycles. The van der Waals surface area contributed by atoms with E-state index in [1.54, 1.807) is 24.5 Å². The second-order valence-electron chi connectivity index (χ2n) is 6.99. The lowest BCUT2D eigenvalue weighted by atomic mass is 9.82. The fourth-order valence-electron chi connectivity index (χ4n) is 4.41. The Bertz CT molecular complexity index is 632. The van der Waals surface area contributed by atoms with Gasteiger partial charge in [-0.3, -0.25) is 14.8 Å². The second-order valence-corrected chi connectivity index (χ2v) is 6.99. The summed E-state index contributed by atoms with van der Waals surface area (Å²) in [5.74, 6) is 2.13. The summed E-state index contributed by atoms with van der Waals surface area (Å²) in [4.78, 5) is 22.7. The van der Waals surface area contributed by atoms with Crippen molar-refractivity contribution in [1.29, 1.82) is 0 Å². The molecule has 0 radical (unpaired) electrons. The van der Waals surface area contributed by atoms with Gasteiger partial charge in [0.15, 0.2) is 5.96 Å². The van der Waals surface area contributed by atoms with Crippen LogP contribution in [-0.4, -0.2) is 67.2 Å². The number of likely N-dealkylation sites (tertiary alicyclic amines) is 1. The molecule has 2 bridgehead atoms. The maximum absolute atomic E-state index is 12.0. The topological polar surface area (TPSA) is 78.8 Å². The molecule has 3 aliphatic rings. The average molecular weight is 343 g/mol. The predicted octanol–water partition coefficient (Wildman–Crippen LogP) is 0.496. The van der Waals surface area contributed by atoms with Crippen molar-refractivity contribution in [1.82, 2.24) is 20.5 Å². The number of aliphatic imine (C=N–C) groups is 1. The summed E-state index contributed by atoms with van der Waals surface area (Å²) in [5.41, 5.74) is 0.578. The van der Waals surface area contributed by atoms with Crippen LogP contribution in [-0.2, 0) is 4.74 Å². The van der Waals surface area contributed by atoms with Gasteiger partial charge in [-0.05, 0) is 25.0 Å². The van der Waals surface area contributed by atoms with Crippen molar-refractivity contribution in [2.45, 2.75) is 25.0 Å². The first-order valence-electron chi connectivity index (χ1n) is 9.05. The van der Waals surface area contributed by atoms with E-state index in [-0.39, 0.29) is 5.91 Å². The predicted molar refractivity (Wildman–Crippen MR) is 94.4 cm³/mol. The SMILES string of the molecule is CN=C(NCCNC(=O)c1cccnc1)N1CC2C3CCC(O3)C2C1. The van der Waals surface area contributed by atoms with E-state index in [4.69, 9.17) is 4.74 Å². The van der Waals surface area contributed by atoms with E-state index < -0.39 is 0 Å². The van der Waals surface area contributed by atoms with Crippen molar-refractivity contribution in [3.8, 4) is 0 Å². The number of nitrogens with zero attached hydrogens (tertiary/aromatic N) is 3. The average Bonchev–Trinajstić information content (AvgIpc) is 3.35. The van der Waals surface area contributed by atoms with E-state index in [0.717, 1.165) is 19.0 Å². The van der Waals surface area contributed by atoms with Crippen molar-refractivity contribution >= 4 is 11.9 Å². The number of hydrogen-bond donors (Lipinski definition) is 2. The van der Waals surface area contributed by atoms with Crippen molar-refractivity contribution in [3.63, 3.8) is 0 Å². The lowest BCUT2D eigenvalue weighted by Crippen LogP contribution is -2.44. The maximum Gasteiger partial charge on any atom is 0.252 e. The molecule has 25 heavy (non-hydrogen) atoms. The van der Waals surface area contributed by atoms with Crippen LogP contribution in [0.25, 0.3) is 0 Å². The molecule has 3 fully saturated rings. The molecule has 0 spiro atoms. The van der Waals surface area contributed by atoms with Gasteiger partial charge in [-0.1, -0.05) is 0 Å². The molecular weight excluding hydrogens is 318 g/mol. The molecule has 0 aliphatic carbocycles. The first-order chi connectivity index (χ1) is 12.3. The summed E-state index contributed by atoms with van der Waals surface area (Å²) in [7, 11) is 1.82. The highest BCUT2D eigenvalue weighted by molar-refractivity contribution is 5.93. The summed E-state index contributed by atoms with van der Waals surface area (Å²) in [6.07, 6.45) is 6.57. The van der Waals surface area contributed by atoms with Crippen molar-refractivity contribution in [3.05, 3.63) is 30.1 Å². The smallest absolute Gasteiger partial charge is 0.252 e. The van der Waals surface area contributed by atoms with Crippen molar-refractivity contribution in [2.24, 2.45) is 16.8 Å². The number of hydrogen-bond acceptors (Lipinski definition) is 4. The van der Waals surface area contributed by atoms with Crippen LogP contribution in [0.5, 0.6) is 0 Å². The molecule has 4 heterocycles. The van der Waals surface area contributed by atoms with Crippen LogP contribution in [0.3, 0.4) is 0 Å². The zero-order valence-electron chi connectivity index (χ0n) is 14.5. The standard InChI is InChI=1S/C18H25N5O2/c1-19-18(22-8-7-21-17(24)12-3-2-6-20-9-12)23-10-13-14(11-23)16-5-4-15(13)25-16/h2-3,6,9,13-16H,4-5,7-8,10-11H2,1H3,(H,19,22)(H,21,24). The molecular formula is C18H25N5O2. The minimum atomic E-state index is -0.102. The highest BCUT2D eigenvalue weighted by atomic mass is 16.5. The zero-order chi connectivity index (χ0) is 17.2. The van der Waals surface area contributed by atoms with Crippen LogP contribution in [0.2, 0.25) is 0 Å². The quantitative estimate of drug-likeness (QED) is 0.473. The minimum absolute atomic E-state index is 0.102. The Labute approximate surface area is 147 Å². The molecule has 1 aromatic rings. The summed E-state index contributed by atoms with van der Waals surface area (Å²) in [6.45, 7) is 3.23. The monoisotopic (exact) mass is 343 g/mol. The largest absolute Gasteiger partial charge is 0.374 e. The first-order valence-corrected chi connectivity index (χ1v) is 9.05. The Kier molecular flexibility index (Phi) is 4.57. The molecule has 1 aromatic heterocycles. The van der Waals surface area contributed by atoms with Gasteiger partial charge in [0, 0.05) is 57.5 Å².